The SMILES string of the molecule is C=CCC(=O)Oc1c[nH]cc1N=[N+]=[N-]. The molecule has 0 atom stereocenters. The van der Waals surface area contributed by atoms with Crippen LogP contribution in [0, 0.1) is 0 Å². The molecular formula is C8H8N4O2. The first-order valence-electron chi connectivity index (χ1n) is 3.81. The summed E-state index contributed by atoms with van der Waals surface area (Å²) in [4.78, 5) is 16.3. The van der Waals surface area contributed by atoms with E-state index in [4.69, 9.17) is 10.3 Å². The summed E-state index contributed by atoms with van der Waals surface area (Å²) in [5.41, 5.74) is 8.44. The van der Waals surface area contributed by atoms with Gasteiger partial charge in [0.05, 0.1) is 12.1 Å². The highest BCUT2D eigenvalue weighted by Gasteiger charge is 2.07. The molecule has 1 aromatic heterocycles. The molecule has 0 aliphatic carbocycles. The lowest BCUT2D eigenvalue weighted by Gasteiger charge is -1.99. The van der Waals surface area contributed by atoms with Crippen molar-refractivity contribution in [3.05, 3.63) is 35.5 Å². The van der Waals surface area contributed by atoms with Crippen LogP contribution in [0.2, 0.25) is 0 Å². The number of hydrogen-bond donors (Lipinski definition) is 1. The van der Waals surface area contributed by atoms with Gasteiger partial charge in [-0.1, -0.05) is 11.2 Å². The number of azide groups is 1. The van der Waals surface area contributed by atoms with E-state index in [1.54, 1.807) is 0 Å². The van der Waals surface area contributed by atoms with Gasteiger partial charge in [-0.15, -0.1) is 6.58 Å². The maximum atomic E-state index is 11.0. The first-order valence-corrected chi connectivity index (χ1v) is 3.81. The summed E-state index contributed by atoms with van der Waals surface area (Å²) in [6.07, 6.45) is 4.42. The van der Waals surface area contributed by atoms with Crippen LogP contribution < -0.4 is 4.74 Å². The van der Waals surface area contributed by atoms with E-state index >= 15 is 0 Å². The Labute approximate surface area is 79.8 Å². The topological polar surface area (TPSA) is 90.9 Å². The number of carbonyl (C=O) groups is 1. The van der Waals surface area contributed by atoms with E-state index in [-0.39, 0.29) is 17.9 Å². The summed E-state index contributed by atoms with van der Waals surface area (Å²) >= 11 is 0. The lowest BCUT2D eigenvalue weighted by Crippen LogP contribution is -2.05. The van der Waals surface area contributed by atoms with Crippen molar-refractivity contribution in [2.24, 2.45) is 5.11 Å². The van der Waals surface area contributed by atoms with Crippen molar-refractivity contribution < 1.29 is 9.53 Å². The number of hydrogen-bond acceptors (Lipinski definition) is 3. The molecule has 1 aromatic rings. The lowest BCUT2D eigenvalue weighted by atomic mass is 10.4. The highest BCUT2D eigenvalue weighted by atomic mass is 16.5. The summed E-state index contributed by atoms with van der Waals surface area (Å²) in [5.74, 6) is -0.233. The minimum Gasteiger partial charge on any atom is -0.424 e. The van der Waals surface area contributed by atoms with Crippen molar-refractivity contribution in [3.63, 3.8) is 0 Å². The molecule has 0 aliphatic heterocycles. The Morgan fingerprint density at radius 1 is 1.79 bits per heavy atom. The third-order valence-corrected chi connectivity index (χ3v) is 1.37. The van der Waals surface area contributed by atoms with E-state index in [9.17, 15) is 4.79 Å². The van der Waals surface area contributed by atoms with Crippen LogP contribution in [0.25, 0.3) is 10.4 Å². The van der Waals surface area contributed by atoms with Crippen LogP contribution >= 0.6 is 0 Å². The molecule has 0 aliphatic rings. The quantitative estimate of drug-likeness (QED) is 0.261. The van der Waals surface area contributed by atoms with Gasteiger partial charge < -0.3 is 9.72 Å². The van der Waals surface area contributed by atoms with Gasteiger partial charge in [0.2, 0.25) is 0 Å². The number of rotatable bonds is 4. The van der Waals surface area contributed by atoms with Crippen LogP contribution in [0.15, 0.2) is 30.2 Å². The molecule has 0 saturated carbocycles. The van der Waals surface area contributed by atoms with Gasteiger partial charge >= 0.3 is 5.97 Å². The van der Waals surface area contributed by atoms with Gasteiger partial charge in [-0.05, 0) is 5.53 Å². The highest BCUT2D eigenvalue weighted by molar-refractivity contribution is 5.75. The standard InChI is InChI=1S/C8H8N4O2/c1-2-3-8(13)14-7-5-10-4-6(7)11-12-9/h2,4-5,10H,1,3H2. The van der Waals surface area contributed by atoms with E-state index in [0.717, 1.165) is 0 Å². The van der Waals surface area contributed by atoms with Crippen molar-refractivity contribution in [2.45, 2.75) is 6.42 Å². The van der Waals surface area contributed by atoms with Gasteiger partial charge in [-0.3, -0.25) is 4.79 Å². The number of nitrogens with one attached hydrogen (secondary N) is 1. The molecule has 0 bridgehead atoms. The second-order valence-electron chi connectivity index (χ2n) is 2.36. The van der Waals surface area contributed by atoms with Crippen molar-refractivity contribution in [1.29, 1.82) is 0 Å². The monoisotopic (exact) mass is 192 g/mol. The molecule has 0 aromatic carbocycles. The summed E-state index contributed by atoms with van der Waals surface area (Å²) in [7, 11) is 0. The van der Waals surface area contributed by atoms with Crippen LogP contribution in [0.3, 0.4) is 0 Å². The predicted octanol–water partition coefficient (Wildman–Crippen LogP) is 2.44. The predicted molar refractivity (Wildman–Crippen MR) is 50.0 cm³/mol. The van der Waals surface area contributed by atoms with Crippen LogP contribution in [-0.4, -0.2) is 11.0 Å². The van der Waals surface area contributed by atoms with Crippen molar-refractivity contribution in [2.75, 3.05) is 0 Å². The second-order valence-corrected chi connectivity index (χ2v) is 2.36. The Hall–Kier alpha value is -2.20. The van der Waals surface area contributed by atoms with Gasteiger partial charge in [0, 0.05) is 17.3 Å². The third-order valence-electron chi connectivity index (χ3n) is 1.37. The number of esters is 1. The van der Waals surface area contributed by atoms with Crippen LogP contribution in [0.1, 0.15) is 6.42 Å². The van der Waals surface area contributed by atoms with Crippen LogP contribution in [0.5, 0.6) is 5.75 Å². The largest absolute Gasteiger partial charge is 0.424 e. The van der Waals surface area contributed by atoms with Gasteiger partial charge in [0.15, 0.2) is 5.75 Å². The zero-order valence-electron chi connectivity index (χ0n) is 7.30. The number of carbonyl (C=O) groups excluding carboxylic acids is 1. The number of ether oxygens (including phenoxy) is 1. The van der Waals surface area contributed by atoms with Crippen LogP contribution in [0.4, 0.5) is 5.69 Å². The van der Waals surface area contributed by atoms with E-state index in [1.807, 2.05) is 0 Å². The lowest BCUT2D eigenvalue weighted by molar-refractivity contribution is -0.133. The smallest absolute Gasteiger partial charge is 0.315 e. The van der Waals surface area contributed by atoms with E-state index in [0.29, 0.717) is 0 Å². The number of H-pyrrole nitrogens is 1. The molecule has 72 valence electrons. The molecule has 1 rings (SSSR count). The van der Waals surface area contributed by atoms with Gasteiger partial charge in [0.25, 0.3) is 0 Å². The molecule has 1 heterocycles. The molecular weight excluding hydrogens is 184 g/mol. The zero-order chi connectivity index (χ0) is 10.4. The number of aromatic nitrogens is 1. The first kappa shape index (κ1) is 9.88. The molecule has 0 amide bonds. The average Bonchev–Trinajstić information content (AvgIpc) is 2.54. The summed E-state index contributed by atoms with van der Waals surface area (Å²) in [6.45, 7) is 3.40. The Bertz CT molecular complexity index is 390. The maximum absolute atomic E-state index is 11.0. The number of aromatic amines is 1. The van der Waals surface area contributed by atoms with Crippen molar-refractivity contribution in [3.8, 4) is 5.75 Å². The average molecular weight is 192 g/mol. The Morgan fingerprint density at radius 2 is 2.57 bits per heavy atom. The zero-order valence-corrected chi connectivity index (χ0v) is 7.30. The second kappa shape index (κ2) is 4.74. The first-order chi connectivity index (χ1) is 6.77. The van der Waals surface area contributed by atoms with Crippen LogP contribution in [-0.2, 0) is 4.79 Å². The molecule has 0 spiro atoms. The normalized spacial score (nSPS) is 8.86. The Kier molecular flexibility index (Phi) is 3.34. The molecule has 0 fully saturated rings. The highest BCUT2D eigenvalue weighted by Crippen LogP contribution is 2.26. The fraction of sp³-hybridized carbons (Fsp3) is 0.125. The molecule has 0 unspecified atom stereocenters. The minimum atomic E-state index is -0.450. The van der Waals surface area contributed by atoms with Crippen molar-refractivity contribution >= 4 is 11.7 Å². The van der Waals surface area contributed by atoms with Gasteiger partial charge in [-0.2, -0.15) is 0 Å². The summed E-state index contributed by atoms with van der Waals surface area (Å²) in [6, 6.07) is 0. The van der Waals surface area contributed by atoms with Crippen molar-refractivity contribution in [1.82, 2.24) is 4.98 Å². The fourth-order valence-electron chi connectivity index (χ4n) is 0.832. The minimum absolute atomic E-state index is 0.112. The molecule has 6 heteroatoms. The maximum Gasteiger partial charge on any atom is 0.315 e. The Morgan fingerprint density at radius 3 is 3.21 bits per heavy atom. The fourth-order valence-corrected chi connectivity index (χ4v) is 0.832. The molecule has 14 heavy (non-hydrogen) atoms. The Balaban J connectivity index is 2.75. The molecule has 6 nitrogen and oxygen atoms in total. The van der Waals surface area contributed by atoms with Gasteiger partial charge in [0.1, 0.15) is 0 Å². The molecule has 1 N–H and O–H groups in total. The van der Waals surface area contributed by atoms with E-state index < -0.39 is 5.97 Å². The molecule has 0 saturated heterocycles. The van der Waals surface area contributed by atoms with E-state index in [1.165, 1.54) is 18.5 Å². The van der Waals surface area contributed by atoms with E-state index in [2.05, 4.69) is 21.6 Å². The third kappa shape index (κ3) is 2.40. The summed E-state index contributed by atoms with van der Waals surface area (Å²) < 4.78 is 4.87. The number of nitrogens with zero attached hydrogens (tertiary/aromatic N) is 3. The van der Waals surface area contributed by atoms with Gasteiger partial charge in [-0.25, -0.2) is 0 Å². The summed E-state index contributed by atoms with van der Waals surface area (Å²) in [5, 5.41) is 3.33. The molecule has 0 radical (unpaired) electrons.